The molecule has 2 heterocycles. The number of nitrogens with zero attached hydrogens (tertiary/aromatic N) is 2. The molecule has 0 N–H and O–H groups in total. The van der Waals surface area contributed by atoms with Crippen LogP contribution in [0, 0.1) is 0 Å². The average molecular weight is 761 g/mol. The molecule has 0 radical (unpaired) electrons. The lowest BCUT2D eigenvalue weighted by molar-refractivity contribution is 0.794. The highest BCUT2D eigenvalue weighted by Gasteiger charge is 2.51. The minimum Gasteiger partial charge on any atom is -0.307 e. The third-order valence-corrected chi connectivity index (χ3v) is 13.2. The van der Waals surface area contributed by atoms with Crippen LogP contribution in [0.25, 0.3) is 94.2 Å². The Morgan fingerprint density at radius 2 is 0.833 bits per heavy atom. The van der Waals surface area contributed by atoms with E-state index in [1.54, 1.807) is 0 Å². The van der Waals surface area contributed by atoms with Crippen LogP contribution in [0.15, 0.2) is 218 Å². The van der Waals surface area contributed by atoms with Crippen LogP contribution in [0.2, 0.25) is 0 Å². The van der Waals surface area contributed by atoms with Crippen LogP contribution in [0.1, 0.15) is 22.3 Å². The van der Waals surface area contributed by atoms with Crippen molar-refractivity contribution in [3.05, 3.63) is 241 Å². The zero-order valence-electron chi connectivity index (χ0n) is 32.7. The number of fused-ring (bicyclic) bond motifs is 15. The summed E-state index contributed by atoms with van der Waals surface area (Å²) in [7, 11) is 0. The maximum atomic E-state index is 5.30. The monoisotopic (exact) mass is 760 g/mol. The summed E-state index contributed by atoms with van der Waals surface area (Å²) in [5.74, 6) is 0. The lowest BCUT2D eigenvalue weighted by Gasteiger charge is -2.30. The molecule has 0 aliphatic heterocycles. The summed E-state index contributed by atoms with van der Waals surface area (Å²) in [5.41, 5.74) is 21.7. The number of para-hydroxylation sites is 2. The highest BCUT2D eigenvalue weighted by atomic mass is 15.0. The van der Waals surface area contributed by atoms with Crippen molar-refractivity contribution in [2.45, 2.75) is 5.41 Å². The molecule has 0 saturated carbocycles. The van der Waals surface area contributed by atoms with Crippen LogP contribution < -0.4 is 0 Å². The molecule has 60 heavy (non-hydrogen) atoms. The topological polar surface area (TPSA) is 17.8 Å². The highest BCUT2D eigenvalue weighted by molar-refractivity contribution is 6.23. The molecule has 0 unspecified atom stereocenters. The van der Waals surface area contributed by atoms with Gasteiger partial charge in [0.15, 0.2) is 0 Å². The van der Waals surface area contributed by atoms with Gasteiger partial charge in [0.2, 0.25) is 0 Å². The van der Waals surface area contributed by atoms with E-state index in [-0.39, 0.29) is 5.41 Å². The van der Waals surface area contributed by atoms with Crippen molar-refractivity contribution < 1.29 is 0 Å². The highest BCUT2D eigenvalue weighted by Crippen LogP contribution is 2.63. The number of aromatic nitrogens is 2. The van der Waals surface area contributed by atoms with Crippen LogP contribution in [0.5, 0.6) is 0 Å². The van der Waals surface area contributed by atoms with E-state index in [0.717, 1.165) is 28.0 Å². The van der Waals surface area contributed by atoms with E-state index < -0.39 is 0 Å². The summed E-state index contributed by atoms with van der Waals surface area (Å²) in [5, 5.41) is 3.63. The van der Waals surface area contributed by atoms with Gasteiger partial charge in [-0.3, -0.25) is 0 Å². The fourth-order valence-corrected chi connectivity index (χ4v) is 10.7. The average Bonchev–Trinajstić information content (AvgIpc) is 3.94. The number of pyridine rings is 1. The van der Waals surface area contributed by atoms with Gasteiger partial charge in [-0.1, -0.05) is 188 Å². The van der Waals surface area contributed by atoms with E-state index in [9.17, 15) is 0 Å². The van der Waals surface area contributed by atoms with Crippen LogP contribution in [0.3, 0.4) is 0 Å². The third-order valence-electron chi connectivity index (χ3n) is 13.2. The summed E-state index contributed by atoms with van der Waals surface area (Å²) < 4.78 is 2.40. The molecule has 2 aromatic heterocycles. The maximum Gasteiger partial charge on any atom is 0.0956 e. The van der Waals surface area contributed by atoms with E-state index in [4.69, 9.17) is 4.98 Å². The quantitative estimate of drug-likeness (QED) is 0.175. The summed E-state index contributed by atoms with van der Waals surface area (Å²) in [6, 6.07) is 80.2. The Labute approximate surface area is 348 Å². The van der Waals surface area contributed by atoms with Crippen molar-refractivity contribution in [2.24, 2.45) is 0 Å². The van der Waals surface area contributed by atoms with Crippen molar-refractivity contribution in [1.82, 2.24) is 9.55 Å². The van der Waals surface area contributed by atoms with E-state index in [2.05, 4.69) is 223 Å². The summed E-state index contributed by atoms with van der Waals surface area (Å²) >= 11 is 0. The molecule has 0 bridgehead atoms. The van der Waals surface area contributed by atoms with Gasteiger partial charge in [-0.2, -0.15) is 0 Å². The molecule has 0 amide bonds. The van der Waals surface area contributed by atoms with Gasteiger partial charge in [-0.25, -0.2) is 4.98 Å². The van der Waals surface area contributed by atoms with E-state index in [0.29, 0.717) is 0 Å². The van der Waals surface area contributed by atoms with Gasteiger partial charge in [0.1, 0.15) is 0 Å². The minimum atomic E-state index is -0.349. The smallest absolute Gasteiger partial charge is 0.0956 e. The normalized spacial score (nSPS) is 13.1. The molecule has 9 aromatic carbocycles. The fourth-order valence-electron chi connectivity index (χ4n) is 10.7. The lowest BCUT2D eigenvalue weighted by atomic mass is 9.70. The van der Waals surface area contributed by atoms with Gasteiger partial charge in [-0.05, 0) is 97.1 Å². The number of hydrogen-bond donors (Lipinski definition) is 0. The van der Waals surface area contributed by atoms with Gasteiger partial charge in [0, 0.05) is 27.4 Å². The molecule has 0 atom stereocenters. The van der Waals surface area contributed by atoms with Crippen LogP contribution >= 0.6 is 0 Å². The SMILES string of the molecule is c1ccc(-c2nc3ccccc3c3c4ccccc4n(-c4ccc(-c5ccc(-c6ccc7c(c6)C6(c8ccccc8-c8ccccc86)c6ccccc6-7)cc5)cc4)c23)cc1. The zero-order chi connectivity index (χ0) is 39.4. The van der Waals surface area contributed by atoms with Crippen LogP contribution in [-0.4, -0.2) is 9.55 Å². The Balaban J connectivity index is 0.907. The first kappa shape index (κ1) is 33.2. The van der Waals surface area contributed by atoms with E-state index in [1.165, 1.54) is 88.4 Å². The molecule has 2 nitrogen and oxygen atoms in total. The van der Waals surface area contributed by atoms with Gasteiger partial charge in [0.05, 0.1) is 27.7 Å². The molecule has 278 valence electrons. The second-order valence-electron chi connectivity index (χ2n) is 16.2. The number of rotatable bonds is 4. The first-order valence-corrected chi connectivity index (χ1v) is 20.8. The van der Waals surface area contributed by atoms with Crippen molar-refractivity contribution in [1.29, 1.82) is 0 Å². The molecule has 13 rings (SSSR count). The Bertz CT molecular complexity index is 3460. The molecule has 2 heteroatoms. The van der Waals surface area contributed by atoms with Crippen molar-refractivity contribution >= 4 is 32.7 Å². The second kappa shape index (κ2) is 12.6. The number of hydrogen-bond acceptors (Lipinski definition) is 1. The minimum absolute atomic E-state index is 0.349. The van der Waals surface area contributed by atoms with Gasteiger partial charge >= 0.3 is 0 Å². The molecule has 0 saturated heterocycles. The molecule has 2 aliphatic carbocycles. The standard InChI is InChI=1S/C58H36N2/c1-2-14-40(15-3-1)56-57-55(47-19-7-12-24-53(47)59-56)48-20-8-13-25-54(48)60(57)42-33-30-38(31-34-42)37-26-28-39(29-27-37)41-32-35-46-45-18-6-11-23-51(45)58(52(46)36-41)49-21-9-4-16-43(49)44-17-5-10-22-50(44)58/h1-36H. The number of benzene rings is 9. The Hall–Kier alpha value is -7.81. The molecule has 0 fully saturated rings. The Kier molecular flexibility index (Phi) is 6.97. The summed E-state index contributed by atoms with van der Waals surface area (Å²) in [6.07, 6.45) is 0. The van der Waals surface area contributed by atoms with Gasteiger partial charge in [-0.15, -0.1) is 0 Å². The first-order chi connectivity index (χ1) is 29.8. The largest absolute Gasteiger partial charge is 0.307 e. The van der Waals surface area contributed by atoms with E-state index >= 15 is 0 Å². The third kappa shape index (κ3) is 4.50. The zero-order valence-corrected chi connectivity index (χ0v) is 32.7. The summed E-state index contributed by atoms with van der Waals surface area (Å²) in [6.45, 7) is 0. The fraction of sp³-hybridized carbons (Fsp3) is 0.0172. The molecular formula is C58H36N2. The molecule has 2 aliphatic rings. The van der Waals surface area contributed by atoms with Gasteiger partial charge < -0.3 is 4.57 Å². The predicted octanol–water partition coefficient (Wildman–Crippen LogP) is 14.7. The first-order valence-electron chi connectivity index (χ1n) is 20.8. The summed E-state index contributed by atoms with van der Waals surface area (Å²) in [4.78, 5) is 5.30. The Morgan fingerprint density at radius 3 is 1.48 bits per heavy atom. The lowest BCUT2D eigenvalue weighted by Crippen LogP contribution is -2.25. The van der Waals surface area contributed by atoms with Crippen LogP contribution in [-0.2, 0) is 5.41 Å². The van der Waals surface area contributed by atoms with Crippen LogP contribution in [0.4, 0.5) is 0 Å². The Morgan fingerprint density at radius 1 is 0.350 bits per heavy atom. The molecular weight excluding hydrogens is 725 g/mol. The van der Waals surface area contributed by atoms with Crippen molar-refractivity contribution in [3.8, 4) is 61.5 Å². The predicted molar refractivity (Wildman–Crippen MR) is 249 cm³/mol. The van der Waals surface area contributed by atoms with E-state index in [1.807, 2.05) is 0 Å². The van der Waals surface area contributed by atoms with Gasteiger partial charge in [0.25, 0.3) is 0 Å². The van der Waals surface area contributed by atoms with Crippen molar-refractivity contribution in [2.75, 3.05) is 0 Å². The molecule has 11 aromatic rings. The maximum absolute atomic E-state index is 5.30. The molecule has 1 spiro atoms. The van der Waals surface area contributed by atoms with Crippen molar-refractivity contribution in [3.63, 3.8) is 0 Å². The second-order valence-corrected chi connectivity index (χ2v) is 16.2.